The molecule has 1 N–H and O–H groups in total. The van der Waals surface area contributed by atoms with E-state index < -0.39 is 11.2 Å². The van der Waals surface area contributed by atoms with Gasteiger partial charge in [0.15, 0.2) is 5.82 Å². The molecule has 0 aliphatic rings. The predicted octanol–water partition coefficient (Wildman–Crippen LogP) is 1.89. The normalized spacial score (nSPS) is 10.2. The molecule has 11 heavy (non-hydrogen) atoms. The quantitative estimate of drug-likeness (QED) is 0.711. The number of H-pyrrole nitrogens is 1. The lowest BCUT2D eigenvalue weighted by Gasteiger charge is -2.00. The van der Waals surface area contributed by atoms with Gasteiger partial charge in [0.1, 0.15) is 0 Å². The second kappa shape index (κ2) is 2.77. The molecule has 0 unspecified atom stereocenters. The second-order valence-electron chi connectivity index (χ2n) is 2.33. The molecule has 4 heteroatoms. The van der Waals surface area contributed by atoms with Crippen LogP contribution < -0.4 is 5.43 Å². The summed E-state index contributed by atoms with van der Waals surface area (Å²) in [6, 6.07) is 0. The summed E-state index contributed by atoms with van der Waals surface area (Å²) in [6.07, 6.45) is 0. The number of hydrogen-bond donors (Lipinski definition) is 1. The zero-order valence-corrected chi connectivity index (χ0v) is 7.75. The van der Waals surface area contributed by atoms with Gasteiger partial charge in [-0.3, -0.25) is 4.79 Å². The highest BCUT2D eigenvalue weighted by atomic mass is 79.9. The summed E-state index contributed by atoms with van der Waals surface area (Å²) in [4.78, 5) is 13.7. The molecule has 0 spiro atoms. The molecule has 1 aromatic heterocycles. The summed E-state index contributed by atoms with van der Waals surface area (Å²) in [5.74, 6) is -0.720. The maximum Gasteiger partial charge on any atom is 0.231 e. The Kier molecular flexibility index (Phi) is 2.13. The Balaban J connectivity index is 3.59. The number of pyridine rings is 1. The SMILES string of the molecule is Cc1[nH]c(C)c(Br)c(=O)c1F. The molecular formula is C7H7BrFNO. The van der Waals surface area contributed by atoms with Crippen LogP contribution in [0.2, 0.25) is 0 Å². The topological polar surface area (TPSA) is 32.9 Å². The van der Waals surface area contributed by atoms with Gasteiger partial charge in [0.2, 0.25) is 5.43 Å². The fourth-order valence-corrected chi connectivity index (χ4v) is 1.10. The third kappa shape index (κ3) is 1.35. The Morgan fingerprint density at radius 3 is 2.45 bits per heavy atom. The van der Waals surface area contributed by atoms with Crippen LogP contribution in [-0.2, 0) is 0 Å². The van der Waals surface area contributed by atoms with Crippen molar-refractivity contribution in [2.75, 3.05) is 0 Å². The zero-order chi connectivity index (χ0) is 8.59. The van der Waals surface area contributed by atoms with Crippen LogP contribution in [0.5, 0.6) is 0 Å². The Labute approximate surface area is 71.6 Å². The first-order valence-corrected chi connectivity index (χ1v) is 3.88. The van der Waals surface area contributed by atoms with Crippen molar-refractivity contribution in [1.82, 2.24) is 4.98 Å². The van der Waals surface area contributed by atoms with E-state index in [2.05, 4.69) is 20.9 Å². The first kappa shape index (κ1) is 8.46. The zero-order valence-electron chi connectivity index (χ0n) is 6.16. The molecule has 1 rings (SSSR count). The van der Waals surface area contributed by atoms with Crippen molar-refractivity contribution < 1.29 is 4.39 Å². The van der Waals surface area contributed by atoms with Crippen LogP contribution >= 0.6 is 15.9 Å². The van der Waals surface area contributed by atoms with Crippen molar-refractivity contribution in [3.63, 3.8) is 0 Å². The lowest BCUT2D eigenvalue weighted by Crippen LogP contribution is -2.12. The van der Waals surface area contributed by atoms with Gasteiger partial charge in [-0.15, -0.1) is 0 Å². The van der Waals surface area contributed by atoms with E-state index in [0.717, 1.165) is 0 Å². The molecule has 0 aliphatic heterocycles. The smallest absolute Gasteiger partial charge is 0.231 e. The monoisotopic (exact) mass is 219 g/mol. The minimum Gasteiger partial charge on any atom is -0.359 e. The minimum atomic E-state index is -0.720. The average Bonchev–Trinajstić information content (AvgIpc) is 1.97. The van der Waals surface area contributed by atoms with Crippen molar-refractivity contribution in [3.05, 3.63) is 31.9 Å². The van der Waals surface area contributed by atoms with E-state index in [1.165, 1.54) is 6.92 Å². The van der Waals surface area contributed by atoms with Crippen LogP contribution in [0.15, 0.2) is 9.27 Å². The van der Waals surface area contributed by atoms with Crippen molar-refractivity contribution >= 4 is 15.9 Å². The Bertz CT molecular complexity index is 316. The Hall–Kier alpha value is -0.640. The summed E-state index contributed by atoms with van der Waals surface area (Å²) in [7, 11) is 0. The third-order valence-corrected chi connectivity index (χ3v) is 2.39. The van der Waals surface area contributed by atoms with Gasteiger partial charge in [-0.25, -0.2) is 4.39 Å². The number of rotatable bonds is 0. The van der Waals surface area contributed by atoms with Crippen molar-refractivity contribution in [2.45, 2.75) is 13.8 Å². The van der Waals surface area contributed by atoms with E-state index in [-0.39, 0.29) is 10.2 Å². The van der Waals surface area contributed by atoms with Gasteiger partial charge in [-0.2, -0.15) is 0 Å². The summed E-state index contributed by atoms with van der Waals surface area (Å²) < 4.78 is 13.1. The van der Waals surface area contributed by atoms with Crippen molar-refractivity contribution in [1.29, 1.82) is 0 Å². The van der Waals surface area contributed by atoms with Crippen LogP contribution in [0.4, 0.5) is 4.39 Å². The summed E-state index contributed by atoms with van der Waals surface area (Å²) in [6.45, 7) is 3.23. The highest BCUT2D eigenvalue weighted by Gasteiger charge is 2.08. The molecule has 0 aliphatic carbocycles. The number of nitrogens with one attached hydrogen (secondary N) is 1. The fourth-order valence-electron chi connectivity index (χ4n) is 0.828. The predicted molar refractivity (Wildman–Crippen MR) is 44.2 cm³/mol. The molecule has 2 nitrogen and oxygen atoms in total. The first-order chi connectivity index (χ1) is 5.04. The number of aryl methyl sites for hydroxylation is 2. The van der Waals surface area contributed by atoms with E-state index in [1.54, 1.807) is 6.92 Å². The van der Waals surface area contributed by atoms with Gasteiger partial charge in [0.25, 0.3) is 0 Å². The van der Waals surface area contributed by atoms with Crippen LogP contribution in [-0.4, -0.2) is 4.98 Å². The maximum absolute atomic E-state index is 12.8. The van der Waals surface area contributed by atoms with E-state index >= 15 is 0 Å². The van der Waals surface area contributed by atoms with Gasteiger partial charge in [-0.1, -0.05) is 0 Å². The van der Waals surface area contributed by atoms with Crippen molar-refractivity contribution in [3.8, 4) is 0 Å². The molecule has 0 fully saturated rings. The number of aromatic nitrogens is 1. The molecule has 0 radical (unpaired) electrons. The lowest BCUT2D eigenvalue weighted by molar-refractivity contribution is 0.596. The summed E-state index contributed by atoms with van der Waals surface area (Å²) in [5, 5.41) is 0. The van der Waals surface area contributed by atoms with E-state index in [4.69, 9.17) is 0 Å². The van der Waals surface area contributed by atoms with Crippen molar-refractivity contribution in [2.24, 2.45) is 0 Å². The van der Waals surface area contributed by atoms with Gasteiger partial charge >= 0.3 is 0 Å². The highest BCUT2D eigenvalue weighted by molar-refractivity contribution is 9.10. The van der Waals surface area contributed by atoms with E-state index in [1.807, 2.05) is 0 Å². The molecule has 60 valence electrons. The fraction of sp³-hybridized carbons (Fsp3) is 0.286. The summed E-state index contributed by atoms with van der Waals surface area (Å²) >= 11 is 2.98. The van der Waals surface area contributed by atoms with Gasteiger partial charge < -0.3 is 4.98 Å². The largest absolute Gasteiger partial charge is 0.359 e. The molecule has 0 aromatic carbocycles. The Morgan fingerprint density at radius 2 is 1.91 bits per heavy atom. The number of hydrogen-bond acceptors (Lipinski definition) is 1. The second-order valence-corrected chi connectivity index (χ2v) is 3.13. The van der Waals surface area contributed by atoms with Crippen LogP contribution in [0, 0.1) is 19.7 Å². The van der Waals surface area contributed by atoms with Gasteiger partial charge in [-0.05, 0) is 29.8 Å². The molecule has 0 amide bonds. The molecule has 0 saturated heterocycles. The van der Waals surface area contributed by atoms with Gasteiger partial charge in [0.05, 0.1) is 10.2 Å². The van der Waals surface area contributed by atoms with E-state index in [9.17, 15) is 9.18 Å². The van der Waals surface area contributed by atoms with Crippen LogP contribution in [0.1, 0.15) is 11.4 Å². The molecular weight excluding hydrogens is 213 g/mol. The number of halogens is 2. The van der Waals surface area contributed by atoms with Crippen LogP contribution in [0.3, 0.4) is 0 Å². The highest BCUT2D eigenvalue weighted by Crippen LogP contribution is 2.10. The summed E-state index contributed by atoms with van der Waals surface area (Å²) in [5.41, 5.74) is 0.336. The molecule has 0 bridgehead atoms. The average molecular weight is 220 g/mol. The molecule has 0 saturated carbocycles. The standard InChI is InChI=1S/C7H7BrFNO/c1-3-5(8)7(11)6(9)4(2)10-3/h1-2H3,(H,10,11). The molecule has 0 atom stereocenters. The minimum absolute atomic E-state index is 0.264. The molecule has 1 aromatic rings. The first-order valence-electron chi connectivity index (χ1n) is 3.08. The molecule has 1 heterocycles. The third-order valence-electron chi connectivity index (χ3n) is 1.43. The Morgan fingerprint density at radius 1 is 1.36 bits per heavy atom. The van der Waals surface area contributed by atoms with Crippen LogP contribution in [0.25, 0.3) is 0 Å². The van der Waals surface area contributed by atoms with Gasteiger partial charge in [0, 0.05) is 5.69 Å². The lowest BCUT2D eigenvalue weighted by atomic mass is 10.3. The maximum atomic E-state index is 12.8. The van der Waals surface area contributed by atoms with E-state index in [0.29, 0.717) is 5.69 Å². The number of aromatic amines is 1.